The van der Waals surface area contributed by atoms with E-state index in [1.165, 1.54) is 4.90 Å². The molecule has 2 aromatic carbocycles. The highest BCUT2D eigenvalue weighted by molar-refractivity contribution is 7.98. The lowest BCUT2D eigenvalue weighted by Crippen LogP contribution is -1.83. The zero-order valence-electron chi connectivity index (χ0n) is 9.57. The van der Waals surface area contributed by atoms with Gasteiger partial charge in [0.2, 0.25) is 0 Å². The van der Waals surface area contributed by atoms with Gasteiger partial charge in [-0.05, 0) is 35.4 Å². The van der Waals surface area contributed by atoms with E-state index < -0.39 is 0 Å². The summed E-state index contributed by atoms with van der Waals surface area (Å²) in [5.74, 6) is 0.843. The van der Waals surface area contributed by atoms with Crippen LogP contribution in [0.4, 0.5) is 0 Å². The van der Waals surface area contributed by atoms with Crippen LogP contribution in [0.5, 0.6) is 0 Å². The molecule has 2 rings (SSSR count). The molecule has 1 N–H and O–H groups in total. The Labute approximate surface area is 121 Å². The highest BCUT2D eigenvalue weighted by Crippen LogP contribution is 2.27. The van der Waals surface area contributed by atoms with Gasteiger partial charge in [-0.1, -0.05) is 41.4 Å². The first-order valence-electron chi connectivity index (χ1n) is 5.45. The molecule has 0 aliphatic carbocycles. The zero-order chi connectivity index (χ0) is 13.0. The fourth-order valence-electron chi connectivity index (χ4n) is 1.49. The van der Waals surface area contributed by atoms with E-state index in [0.717, 1.165) is 16.9 Å². The Balaban J connectivity index is 1.99. The molecule has 0 saturated carbocycles. The van der Waals surface area contributed by atoms with Crippen LogP contribution in [-0.4, -0.2) is 5.11 Å². The van der Waals surface area contributed by atoms with Crippen LogP contribution in [0, 0.1) is 0 Å². The van der Waals surface area contributed by atoms with Gasteiger partial charge in [0.15, 0.2) is 0 Å². The van der Waals surface area contributed by atoms with Crippen molar-refractivity contribution in [2.24, 2.45) is 0 Å². The van der Waals surface area contributed by atoms with Crippen molar-refractivity contribution in [1.82, 2.24) is 0 Å². The predicted molar refractivity (Wildman–Crippen MR) is 78.4 cm³/mol. The largest absolute Gasteiger partial charge is 0.392 e. The van der Waals surface area contributed by atoms with Gasteiger partial charge < -0.3 is 5.11 Å². The molecular weight excluding hydrogens is 287 g/mol. The quantitative estimate of drug-likeness (QED) is 0.820. The van der Waals surface area contributed by atoms with Crippen molar-refractivity contribution in [3.63, 3.8) is 0 Å². The normalized spacial score (nSPS) is 10.6. The number of aliphatic hydroxyl groups is 1. The highest BCUT2D eigenvalue weighted by Gasteiger charge is 2.01. The topological polar surface area (TPSA) is 20.2 Å². The number of rotatable bonds is 4. The number of aliphatic hydroxyl groups excluding tert-OH is 1. The van der Waals surface area contributed by atoms with Crippen LogP contribution in [-0.2, 0) is 12.4 Å². The van der Waals surface area contributed by atoms with E-state index in [1.807, 2.05) is 42.5 Å². The Kier molecular flexibility index (Phi) is 4.95. The van der Waals surface area contributed by atoms with Gasteiger partial charge in [-0.3, -0.25) is 0 Å². The molecular formula is C14H12Cl2OS. The Morgan fingerprint density at radius 2 is 1.56 bits per heavy atom. The third-order valence-corrected chi connectivity index (χ3v) is 4.32. The second-order valence-corrected chi connectivity index (χ2v) is 5.70. The van der Waals surface area contributed by atoms with Gasteiger partial charge in [-0.25, -0.2) is 0 Å². The molecule has 0 fully saturated rings. The molecule has 0 radical (unpaired) electrons. The predicted octanol–water partition coefficient (Wildman–Crippen LogP) is 4.78. The molecule has 2 aromatic rings. The molecule has 0 unspecified atom stereocenters. The summed E-state index contributed by atoms with van der Waals surface area (Å²) >= 11 is 13.6. The van der Waals surface area contributed by atoms with Crippen LogP contribution in [0.3, 0.4) is 0 Å². The van der Waals surface area contributed by atoms with E-state index in [0.29, 0.717) is 10.0 Å². The van der Waals surface area contributed by atoms with E-state index in [2.05, 4.69) is 0 Å². The number of benzene rings is 2. The first-order valence-corrected chi connectivity index (χ1v) is 7.20. The first-order chi connectivity index (χ1) is 8.69. The van der Waals surface area contributed by atoms with E-state index in [1.54, 1.807) is 11.8 Å². The highest BCUT2D eigenvalue weighted by atomic mass is 35.5. The summed E-state index contributed by atoms with van der Waals surface area (Å²) in [6, 6.07) is 13.5. The molecule has 0 aliphatic rings. The number of hydrogen-bond acceptors (Lipinski definition) is 2. The number of halogens is 2. The van der Waals surface area contributed by atoms with Gasteiger partial charge >= 0.3 is 0 Å². The molecule has 0 aliphatic heterocycles. The van der Waals surface area contributed by atoms with Crippen LogP contribution < -0.4 is 0 Å². The fourth-order valence-corrected chi connectivity index (χ4v) is 2.65. The summed E-state index contributed by atoms with van der Waals surface area (Å²) in [6.45, 7) is 0.0811. The van der Waals surface area contributed by atoms with Crippen molar-refractivity contribution in [2.45, 2.75) is 17.3 Å². The van der Waals surface area contributed by atoms with Crippen molar-refractivity contribution < 1.29 is 5.11 Å². The molecule has 0 spiro atoms. The third-order valence-electron chi connectivity index (χ3n) is 2.50. The Morgan fingerprint density at radius 3 is 2.17 bits per heavy atom. The molecule has 0 aromatic heterocycles. The minimum Gasteiger partial charge on any atom is -0.392 e. The maximum atomic E-state index is 8.96. The summed E-state index contributed by atoms with van der Waals surface area (Å²) in [6.07, 6.45) is 0. The molecule has 94 valence electrons. The van der Waals surface area contributed by atoms with Crippen LogP contribution in [0.15, 0.2) is 47.4 Å². The maximum Gasteiger partial charge on any atom is 0.0681 e. The standard InChI is InChI=1S/C14H12Cl2OS/c15-13-6-3-11(7-14(13)16)9-18-12-4-1-10(8-17)2-5-12/h1-7,17H,8-9H2. The average Bonchev–Trinajstić information content (AvgIpc) is 2.41. The molecule has 18 heavy (non-hydrogen) atoms. The van der Waals surface area contributed by atoms with Crippen LogP contribution in [0.1, 0.15) is 11.1 Å². The second kappa shape index (κ2) is 6.48. The van der Waals surface area contributed by atoms with Gasteiger partial charge in [0.05, 0.1) is 16.7 Å². The number of thioether (sulfide) groups is 1. The lowest BCUT2D eigenvalue weighted by molar-refractivity contribution is 0.282. The molecule has 0 heterocycles. The summed E-state index contributed by atoms with van der Waals surface area (Å²) in [5.41, 5.74) is 2.06. The van der Waals surface area contributed by atoms with Gasteiger partial charge in [0.25, 0.3) is 0 Å². The van der Waals surface area contributed by atoms with Crippen LogP contribution in [0.25, 0.3) is 0 Å². The maximum absolute atomic E-state index is 8.96. The molecule has 0 atom stereocenters. The van der Waals surface area contributed by atoms with E-state index in [4.69, 9.17) is 28.3 Å². The average molecular weight is 299 g/mol. The van der Waals surface area contributed by atoms with Crippen LogP contribution >= 0.6 is 35.0 Å². The molecule has 1 nitrogen and oxygen atoms in total. The third kappa shape index (κ3) is 3.66. The SMILES string of the molecule is OCc1ccc(SCc2ccc(Cl)c(Cl)c2)cc1. The van der Waals surface area contributed by atoms with Crippen molar-refractivity contribution in [3.8, 4) is 0 Å². The molecule has 0 amide bonds. The van der Waals surface area contributed by atoms with Gasteiger partial charge in [-0.2, -0.15) is 0 Å². The lowest BCUT2D eigenvalue weighted by Gasteiger charge is -2.04. The second-order valence-electron chi connectivity index (χ2n) is 3.84. The lowest BCUT2D eigenvalue weighted by atomic mass is 10.2. The van der Waals surface area contributed by atoms with Crippen molar-refractivity contribution in [2.75, 3.05) is 0 Å². The molecule has 0 saturated heterocycles. The van der Waals surface area contributed by atoms with E-state index in [9.17, 15) is 0 Å². The summed E-state index contributed by atoms with van der Waals surface area (Å²) in [7, 11) is 0. The van der Waals surface area contributed by atoms with E-state index >= 15 is 0 Å². The minimum atomic E-state index is 0.0811. The van der Waals surface area contributed by atoms with Crippen molar-refractivity contribution >= 4 is 35.0 Å². The Morgan fingerprint density at radius 1 is 0.889 bits per heavy atom. The molecule has 4 heteroatoms. The van der Waals surface area contributed by atoms with E-state index in [-0.39, 0.29) is 6.61 Å². The summed E-state index contributed by atoms with van der Waals surface area (Å²) in [4.78, 5) is 1.17. The Bertz CT molecular complexity index is 526. The van der Waals surface area contributed by atoms with Gasteiger partial charge in [-0.15, -0.1) is 11.8 Å². The first kappa shape index (κ1) is 13.8. The van der Waals surface area contributed by atoms with Gasteiger partial charge in [0, 0.05) is 10.6 Å². The zero-order valence-corrected chi connectivity index (χ0v) is 11.9. The number of hydrogen-bond donors (Lipinski definition) is 1. The smallest absolute Gasteiger partial charge is 0.0681 e. The van der Waals surface area contributed by atoms with Gasteiger partial charge in [0.1, 0.15) is 0 Å². The van der Waals surface area contributed by atoms with Crippen molar-refractivity contribution in [3.05, 3.63) is 63.6 Å². The molecule has 0 bridgehead atoms. The fraction of sp³-hybridized carbons (Fsp3) is 0.143. The Hall–Kier alpha value is -0.670. The van der Waals surface area contributed by atoms with Crippen LogP contribution in [0.2, 0.25) is 10.0 Å². The summed E-state index contributed by atoms with van der Waals surface area (Å²) < 4.78 is 0. The minimum absolute atomic E-state index is 0.0811. The monoisotopic (exact) mass is 298 g/mol. The van der Waals surface area contributed by atoms with Crippen molar-refractivity contribution in [1.29, 1.82) is 0 Å². The summed E-state index contributed by atoms with van der Waals surface area (Å²) in [5, 5.41) is 10.1.